The highest BCUT2D eigenvalue weighted by atomic mass is 16.5. The summed E-state index contributed by atoms with van der Waals surface area (Å²) in [5.74, 6) is -0.500. The molecule has 1 aromatic heterocycles. The molecule has 2 amide bonds. The molecule has 0 saturated carbocycles. The van der Waals surface area contributed by atoms with Gasteiger partial charge < -0.3 is 10.2 Å². The molecular weight excluding hydrogens is 308 g/mol. The van der Waals surface area contributed by atoms with E-state index in [1.807, 2.05) is 6.92 Å². The Balaban J connectivity index is 2.08. The van der Waals surface area contributed by atoms with E-state index in [4.69, 9.17) is 5.21 Å². The Morgan fingerprint density at radius 3 is 2.75 bits per heavy atom. The van der Waals surface area contributed by atoms with Crippen LogP contribution in [0.2, 0.25) is 0 Å². The van der Waals surface area contributed by atoms with E-state index in [0.717, 1.165) is 38.8 Å². The van der Waals surface area contributed by atoms with Crippen LogP contribution < -0.4 is 10.8 Å². The Morgan fingerprint density at radius 1 is 1.42 bits per heavy atom. The SMILES string of the molecule is CCCC(NC(=O)C1CCN(C)CC1)c1cc(C(=O)NO)ccn1. The molecule has 0 spiro atoms. The molecule has 2 heterocycles. The van der Waals surface area contributed by atoms with Crippen LogP contribution in [0.15, 0.2) is 18.3 Å². The number of aromatic nitrogens is 1. The number of hydrogen-bond acceptors (Lipinski definition) is 5. The number of carbonyl (C=O) groups is 2. The highest BCUT2D eigenvalue weighted by molar-refractivity contribution is 5.93. The first kappa shape index (κ1) is 18.4. The van der Waals surface area contributed by atoms with Gasteiger partial charge in [0.2, 0.25) is 5.91 Å². The van der Waals surface area contributed by atoms with E-state index >= 15 is 0 Å². The van der Waals surface area contributed by atoms with Crippen molar-refractivity contribution in [1.82, 2.24) is 20.7 Å². The lowest BCUT2D eigenvalue weighted by atomic mass is 9.95. The molecule has 1 saturated heterocycles. The predicted octanol–water partition coefficient (Wildman–Crippen LogP) is 1.50. The number of amides is 2. The third-order valence-electron chi connectivity index (χ3n) is 4.49. The topological polar surface area (TPSA) is 94.6 Å². The molecule has 0 aromatic carbocycles. The van der Waals surface area contributed by atoms with Crippen molar-refractivity contribution < 1.29 is 14.8 Å². The van der Waals surface area contributed by atoms with Crippen LogP contribution in [0.4, 0.5) is 0 Å². The van der Waals surface area contributed by atoms with Crippen LogP contribution >= 0.6 is 0 Å². The van der Waals surface area contributed by atoms with E-state index in [1.165, 1.54) is 12.3 Å². The van der Waals surface area contributed by atoms with Gasteiger partial charge in [0.25, 0.3) is 5.91 Å². The van der Waals surface area contributed by atoms with Crippen molar-refractivity contribution in [3.8, 4) is 0 Å². The van der Waals surface area contributed by atoms with Gasteiger partial charge in [0.05, 0.1) is 11.7 Å². The van der Waals surface area contributed by atoms with E-state index in [9.17, 15) is 9.59 Å². The third kappa shape index (κ3) is 4.75. The summed E-state index contributed by atoms with van der Waals surface area (Å²) in [4.78, 5) is 30.7. The Hall–Kier alpha value is -1.99. The monoisotopic (exact) mass is 334 g/mol. The lowest BCUT2D eigenvalue weighted by molar-refractivity contribution is -0.127. The van der Waals surface area contributed by atoms with Crippen LogP contribution in [0.5, 0.6) is 0 Å². The van der Waals surface area contributed by atoms with Gasteiger partial charge in [-0.1, -0.05) is 13.3 Å². The average molecular weight is 334 g/mol. The average Bonchev–Trinajstić information content (AvgIpc) is 2.61. The van der Waals surface area contributed by atoms with Gasteiger partial charge in [0.15, 0.2) is 0 Å². The Morgan fingerprint density at radius 2 is 2.12 bits per heavy atom. The number of nitrogens with zero attached hydrogens (tertiary/aromatic N) is 2. The number of pyridine rings is 1. The van der Waals surface area contributed by atoms with E-state index in [0.29, 0.717) is 11.3 Å². The van der Waals surface area contributed by atoms with Crippen LogP contribution in [-0.4, -0.2) is 47.0 Å². The molecular formula is C17H26N4O3. The number of hydroxylamine groups is 1. The van der Waals surface area contributed by atoms with Crippen LogP contribution in [0.25, 0.3) is 0 Å². The van der Waals surface area contributed by atoms with Crippen LogP contribution in [0.3, 0.4) is 0 Å². The molecule has 7 heteroatoms. The summed E-state index contributed by atoms with van der Waals surface area (Å²) in [5.41, 5.74) is 2.57. The third-order valence-corrected chi connectivity index (χ3v) is 4.49. The summed E-state index contributed by atoms with van der Waals surface area (Å²) in [7, 11) is 2.07. The molecule has 132 valence electrons. The fraction of sp³-hybridized carbons (Fsp3) is 0.588. The molecule has 3 N–H and O–H groups in total. The standard InChI is InChI=1S/C17H26N4O3/c1-3-4-14(15-11-13(5-8-18-15)17(23)20-24)19-16(22)12-6-9-21(2)10-7-12/h5,8,11-12,14,24H,3-4,6-7,9-10H2,1-2H3,(H,19,22)(H,20,23). The fourth-order valence-electron chi connectivity index (χ4n) is 2.99. The molecule has 0 radical (unpaired) electrons. The smallest absolute Gasteiger partial charge is 0.274 e. The normalized spacial score (nSPS) is 17.3. The maximum atomic E-state index is 12.6. The highest BCUT2D eigenvalue weighted by Gasteiger charge is 2.26. The van der Waals surface area contributed by atoms with Gasteiger partial charge in [-0.3, -0.25) is 19.8 Å². The molecule has 1 aromatic rings. The molecule has 7 nitrogen and oxygen atoms in total. The number of hydrogen-bond donors (Lipinski definition) is 3. The minimum Gasteiger partial charge on any atom is -0.347 e. The summed E-state index contributed by atoms with van der Waals surface area (Å²) >= 11 is 0. The van der Waals surface area contributed by atoms with Crippen molar-refractivity contribution in [3.63, 3.8) is 0 Å². The molecule has 0 bridgehead atoms. The van der Waals surface area contributed by atoms with Gasteiger partial charge in [-0.2, -0.15) is 0 Å². The second kappa shape index (κ2) is 8.75. The first-order valence-corrected chi connectivity index (χ1v) is 8.44. The lowest BCUT2D eigenvalue weighted by Gasteiger charge is -2.29. The summed E-state index contributed by atoms with van der Waals surface area (Å²) < 4.78 is 0. The Bertz CT molecular complexity index is 571. The molecule has 1 fully saturated rings. The van der Waals surface area contributed by atoms with Gasteiger partial charge in [-0.05, 0) is 51.5 Å². The van der Waals surface area contributed by atoms with E-state index < -0.39 is 5.91 Å². The summed E-state index contributed by atoms with van der Waals surface area (Å²) in [6.45, 7) is 3.90. The van der Waals surface area contributed by atoms with Gasteiger partial charge in [0, 0.05) is 17.7 Å². The molecule has 1 aliphatic heterocycles. The Labute approximate surface area is 142 Å². The second-order valence-electron chi connectivity index (χ2n) is 6.34. The summed E-state index contributed by atoms with van der Waals surface area (Å²) in [6, 6.07) is 2.91. The number of nitrogens with one attached hydrogen (secondary N) is 2. The maximum Gasteiger partial charge on any atom is 0.274 e. The minimum absolute atomic E-state index is 0.0319. The first-order valence-electron chi connectivity index (χ1n) is 8.44. The number of piperidine rings is 1. The minimum atomic E-state index is -0.587. The van der Waals surface area contributed by atoms with Crippen molar-refractivity contribution in [3.05, 3.63) is 29.6 Å². The van der Waals surface area contributed by atoms with Crippen molar-refractivity contribution in [1.29, 1.82) is 0 Å². The van der Waals surface area contributed by atoms with Gasteiger partial charge >= 0.3 is 0 Å². The van der Waals surface area contributed by atoms with Gasteiger partial charge in [-0.25, -0.2) is 5.48 Å². The summed E-state index contributed by atoms with van der Waals surface area (Å²) in [6.07, 6.45) is 4.87. The van der Waals surface area contributed by atoms with Gasteiger partial charge in [-0.15, -0.1) is 0 Å². The highest BCUT2D eigenvalue weighted by Crippen LogP contribution is 2.21. The molecule has 0 aliphatic carbocycles. The first-order chi connectivity index (χ1) is 11.5. The molecule has 24 heavy (non-hydrogen) atoms. The van der Waals surface area contributed by atoms with Crippen molar-refractivity contribution in [2.75, 3.05) is 20.1 Å². The van der Waals surface area contributed by atoms with Crippen molar-refractivity contribution in [2.45, 2.75) is 38.6 Å². The predicted molar refractivity (Wildman–Crippen MR) is 89.5 cm³/mol. The fourth-order valence-corrected chi connectivity index (χ4v) is 2.99. The number of likely N-dealkylation sites (tertiary alicyclic amines) is 1. The lowest BCUT2D eigenvalue weighted by Crippen LogP contribution is -2.40. The van der Waals surface area contributed by atoms with Crippen LogP contribution in [0.1, 0.15) is 54.7 Å². The zero-order valence-corrected chi connectivity index (χ0v) is 14.3. The second-order valence-corrected chi connectivity index (χ2v) is 6.34. The van der Waals surface area contributed by atoms with Crippen LogP contribution in [-0.2, 0) is 4.79 Å². The summed E-state index contributed by atoms with van der Waals surface area (Å²) in [5, 5.41) is 11.9. The Kier molecular flexibility index (Phi) is 6.69. The maximum absolute atomic E-state index is 12.6. The largest absolute Gasteiger partial charge is 0.347 e. The van der Waals surface area contributed by atoms with Crippen LogP contribution in [0, 0.1) is 5.92 Å². The molecule has 1 unspecified atom stereocenters. The number of carbonyl (C=O) groups excluding carboxylic acids is 2. The number of rotatable bonds is 6. The van der Waals surface area contributed by atoms with E-state index in [-0.39, 0.29) is 17.9 Å². The molecule has 1 atom stereocenters. The quantitative estimate of drug-likeness (QED) is 0.541. The van der Waals surface area contributed by atoms with Crippen molar-refractivity contribution in [2.24, 2.45) is 5.92 Å². The van der Waals surface area contributed by atoms with Crippen molar-refractivity contribution >= 4 is 11.8 Å². The van der Waals surface area contributed by atoms with E-state index in [1.54, 1.807) is 11.5 Å². The zero-order valence-electron chi connectivity index (χ0n) is 14.3. The van der Waals surface area contributed by atoms with E-state index in [2.05, 4.69) is 22.2 Å². The van der Waals surface area contributed by atoms with Gasteiger partial charge in [0.1, 0.15) is 0 Å². The molecule has 1 aliphatic rings. The zero-order chi connectivity index (χ0) is 17.5. The molecule has 2 rings (SSSR count).